The highest BCUT2D eigenvalue weighted by atomic mass is 32.2. The van der Waals surface area contributed by atoms with E-state index in [0.29, 0.717) is 43.8 Å². The van der Waals surface area contributed by atoms with Crippen LogP contribution in [0.2, 0.25) is 0 Å². The number of benzene rings is 1. The molecule has 1 unspecified atom stereocenters. The molecule has 0 N–H and O–H groups in total. The molecule has 4 aliphatic rings. The molecule has 7 nitrogen and oxygen atoms in total. The molecule has 4 aliphatic heterocycles. The lowest BCUT2D eigenvalue weighted by molar-refractivity contribution is 0.0168. The Kier molecular flexibility index (Phi) is 4.55. The van der Waals surface area contributed by atoms with Gasteiger partial charge in [-0.1, -0.05) is 0 Å². The van der Waals surface area contributed by atoms with E-state index in [0.717, 1.165) is 38.5 Å². The summed E-state index contributed by atoms with van der Waals surface area (Å²) in [6, 6.07) is 5.44. The largest absolute Gasteiger partial charge is 0.486 e. The SMILES string of the molecule is O=S(=O)(c1ccc2c(c1)OCCO2)N1CC2(CC(N3CCOCC3)CS2)C1. The van der Waals surface area contributed by atoms with Gasteiger partial charge in [0.2, 0.25) is 10.0 Å². The van der Waals surface area contributed by atoms with Crippen LogP contribution in [0.3, 0.4) is 0 Å². The van der Waals surface area contributed by atoms with E-state index in [4.69, 9.17) is 14.2 Å². The van der Waals surface area contributed by atoms with Crippen molar-refractivity contribution in [3.63, 3.8) is 0 Å². The van der Waals surface area contributed by atoms with E-state index in [-0.39, 0.29) is 9.64 Å². The Balaban J connectivity index is 1.26. The van der Waals surface area contributed by atoms with Gasteiger partial charge in [0, 0.05) is 48.8 Å². The van der Waals surface area contributed by atoms with Crippen LogP contribution in [0.4, 0.5) is 0 Å². The van der Waals surface area contributed by atoms with E-state index in [2.05, 4.69) is 4.90 Å². The number of hydrogen-bond donors (Lipinski definition) is 0. The molecule has 5 rings (SSSR count). The van der Waals surface area contributed by atoms with Crippen molar-refractivity contribution in [3.8, 4) is 11.5 Å². The molecule has 0 aromatic heterocycles. The van der Waals surface area contributed by atoms with E-state index in [1.807, 2.05) is 11.8 Å². The van der Waals surface area contributed by atoms with Crippen LogP contribution < -0.4 is 9.47 Å². The third-order valence-corrected chi connectivity index (χ3v) is 9.21. The first-order valence-corrected chi connectivity index (χ1v) is 11.8. The highest BCUT2D eigenvalue weighted by molar-refractivity contribution is 8.01. The summed E-state index contributed by atoms with van der Waals surface area (Å²) in [6.07, 6.45) is 1.06. The van der Waals surface area contributed by atoms with Crippen LogP contribution in [0.25, 0.3) is 0 Å². The fourth-order valence-corrected chi connectivity index (χ4v) is 7.79. The molecule has 3 saturated heterocycles. The van der Waals surface area contributed by atoms with Crippen LogP contribution in [0, 0.1) is 0 Å². The number of sulfonamides is 1. The van der Waals surface area contributed by atoms with Crippen molar-refractivity contribution < 1.29 is 22.6 Å². The minimum absolute atomic E-state index is 0.0733. The van der Waals surface area contributed by atoms with E-state index in [9.17, 15) is 8.42 Å². The van der Waals surface area contributed by atoms with Crippen LogP contribution >= 0.6 is 11.8 Å². The summed E-state index contributed by atoms with van der Waals surface area (Å²) >= 11 is 1.94. The number of morpholine rings is 1. The Hall–Kier alpha value is -1.00. The molecule has 3 fully saturated rings. The van der Waals surface area contributed by atoms with Crippen LogP contribution in [-0.4, -0.2) is 86.8 Å². The second-order valence-electron chi connectivity index (χ2n) is 7.58. The van der Waals surface area contributed by atoms with Crippen molar-refractivity contribution in [2.75, 3.05) is 58.4 Å². The number of hydrogen-bond acceptors (Lipinski definition) is 7. The molecule has 0 bridgehead atoms. The number of ether oxygens (including phenoxy) is 3. The first-order chi connectivity index (χ1) is 13.1. The lowest BCUT2D eigenvalue weighted by Gasteiger charge is -2.46. The minimum atomic E-state index is -3.49. The zero-order valence-electron chi connectivity index (χ0n) is 15.1. The van der Waals surface area contributed by atoms with Gasteiger partial charge < -0.3 is 14.2 Å². The van der Waals surface area contributed by atoms with Crippen molar-refractivity contribution in [2.24, 2.45) is 0 Å². The number of thioether (sulfide) groups is 1. The van der Waals surface area contributed by atoms with Gasteiger partial charge in [0.15, 0.2) is 11.5 Å². The Labute approximate surface area is 164 Å². The van der Waals surface area contributed by atoms with Crippen molar-refractivity contribution >= 4 is 21.8 Å². The smallest absolute Gasteiger partial charge is 0.243 e. The summed E-state index contributed by atoms with van der Waals surface area (Å²) in [5.41, 5.74) is 0. The number of fused-ring (bicyclic) bond motifs is 1. The normalized spacial score (nSPS) is 28.2. The monoisotopic (exact) mass is 412 g/mol. The summed E-state index contributed by atoms with van der Waals surface area (Å²) in [4.78, 5) is 2.79. The van der Waals surface area contributed by atoms with Crippen molar-refractivity contribution in [1.29, 1.82) is 0 Å². The quantitative estimate of drug-likeness (QED) is 0.735. The Morgan fingerprint density at radius 2 is 1.78 bits per heavy atom. The van der Waals surface area contributed by atoms with Gasteiger partial charge in [0.05, 0.1) is 18.1 Å². The van der Waals surface area contributed by atoms with Gasteiger partial charge in [-0.25, -0.2) is 8.42 Å². The molecule has 4 heterocycles. The first kappa shape index (κ1) is 18.1. The van der Waals surface area contributed by atoms with Crippen LogP contribution in [0.1, 0.15) is 6.42 Å². The predicted octanol–water partition coefficient (Wildman–Crippen LogP) is 1.04. The topological polar surface area (TPSA) is 68.3 Å². The number of rotatable bonds is 3. The second-order valence-corrected chi connectivity index (χ2v) is 11.0. The number of nitrogens with zero attached hydrogens (tertiary/aromatic N) is 2. The molecule has 0 aliphatic carbocycles. The van der Waals surface area contributed by atoms with Crippen LogP contribution in [0.5, 0.6) is 11.5 Å². The first-order valence-electron chi connectivity index (χ1n) is 9.41. The average molecular weight is 413 g/mol. The maximum Gasteiger partial charge on any atom is 0.243 e. The van der Waals surface area contributed by atoms with E-state index >= 15 is 0 Å². The molecule has 27 heavy (non-hydrogen) atoms. The molecule has 1 aromatic carbocycles. The lowest BCUT2D eigenvalue weighted by Crippen LogP contribution is -2.61. The molecular formula is C18H24N2O5S2. The van der Waals surface area contributed by atoms with Crippen LogP contribution in [-0.2, 0) is 14.8 Å². The molecular weight excluding hydrogens is 388 g/mol. The fraction of sp³-hybridized carbons (Fsp3) is 0.667. The Morgan fingerprint density at radius 1 is 1.04 bits per heavy atom. The van der Waals surface area contributed by atoms with Gasteiger partial charge in [-0.3, -0.25) is 4.90 Å². The molecule has 1 aromatic rings. The van der Waals surface area contributed by atoms with Gasteiger partial charge in [0.1, 0.15) is 13.2 Å². The van der Waals surface area contributed by atoms with E-state index < -0.39 is 10.0 Å². The molecule has 0 radical (unpaired) electrons. The Bertz CT molecular complexity index is 819. The summed E-state index contributed by atoms with van der Waals surface area (Å²) in [5, 5.41) is 0. The van der Waals surface area contributed by atoms with Gasteiger partial charge in [-0.05, 0) is 18.6 Å². The maximum atomic E-state index is 13.0. The van der Waals surface area contributed by atoms with Gasteiger partial charge in [0.25, 0.3) is 0 Å². The molecule has 0 saturated carbocycles. The zero-order chi connectivity index (χ0) is 18.5. The van der Waals surface area contributed by atoms with Gasteiger partial charge in [-0.15, -0.1) is 0 Å². The highest BCUT2D eigenvalue weighted by Gasteiger charge is 2.53. The van der Waals surface area contributed by atoms with Gasteiger partial charge in [-0.2, -0.15) is 16.1 Å². The lowest BCUT2D eigenvalue weighted by atomic mass is 9.93. The highest BCUT2D eigenvalue weighted by Crippen LogP contribution is 2.48. The standard InChI is InChI=1S/C18H24N2O5S2/c21-27(22,15-1-2-16-17(9-15)25-8-7-24-16)20-12-18(13-20)10-14(11-26-18)19-3-5-23-6-4-19/h1-2,9,14H,3-8,10-13H2. The third kappa shape index (κ3) is 3.23. The fourth-order valence-electron chi connectivity index (χ4n) is 4.32. The summed E-state index contributed by atoms with van der Waals surface area (Å²) in [6.45, 7) is 5.71. The molecule has 148 valence electrons. The second kappa shape index (κ2) is 6.81. The summed E-state index contributed by atoms with van der Waals surface area (Å²) in [7, 11) is -3.49. The minimum Gasteiger partial charge on any atom is -0.486 e. The maximum absolute atomic E-state index is 13.0. The summed E-state index contributed by atoms with van der Waals surface area (Å²) < 4.78 is 44.2. The van der Waals surface area contributed by atoms with E-state index in [1.54, 1.807) is 22.5 Å². The molecule has 9 heteroatoms. The third-order valence-electron chi connectivity index (χ3n) is 5.83. The van der Waals surface area contributed by atoms with Crippen molar-refractivity contribution in [3.05, 3.63) is 18.2 Å². The Morgan fingerprint density at radius 3 is 2.56 bits per heavy atom. The average Bonchev–Trinajstić information content (AvgIpc) is 3.13. The zero-order valence-corrected chi connectivity index (χ0v) is 16.8. The molecule has 1 atom stereocenters. The van der Waals surface area contributed by atoms with Crippen molar-refractivity contribution in [1.82, 2.24) is 9.21 Å². The van der Waals surface area contributed by atoms with Gasteiger partial charge >= 0.3 is 0 Å². The predicted molar refractivity (Wildman–Crippen MR) is 102 cm³/mol. The summed E-state index contributed by atoms with van der Waals surface area (Å²) in [5.74, 6) is 2.21. The van der Waals surface area contributed by atoms with Crippen LogP contribution in [0.15, 0.2) is 23.1 Å². The molecule has 1 spiro atoms. The molecule has 0 amide bonds. The van der Waals surface area contributed by atoms with Crippen molar-refractivity contribution in [2.45, 2.75) is 22.1 Å². The van der Waals surface area contributed by atoms with E-state index in [1.165, 1.54) is 0 Å².